The Bertz CT molecular complexity index is 905. The average molecular weight is 459 g/mol. The highest BCUT2D eigenvalue weighted by atomic mass is 32.2. The van der Waals surface area contributed by atoms with Crippen molar-refractivity contribution >= 4 is 9.84 Å². The maximum Gasteiger partial charge on any atom is 0.164 e. The molecule has 2 fully saturated rings. The Morgan fingerprint density at radius 2 is 1.78 bits per heavy atom. The first kappa shape index (κ1) is 24.3. The molecule has 4 rings (SSSR count). The van der Waals surface area contributed by atoms with Crippen LogP contribution in [0.25, 0.3) is 0 Å². The van der Waals surface area contributed by atoms with Crippen LogP contribution >= 0.6 is 0 Å². The second-order valence-corrected chi connectivity index (χ2v) is 14.5. The Morgan fingerprint density at radius 3 is 2.50 bits per heavy atom. The van der Waals surface area contributed by atoms with Crippen LogP contribution in [0.2, 0.25) is 0 Å². The fourth-order valence-electron chi connectivity index (χ4n) is 7.48. The SMILES string of the molecule is CC(C)[C@@H](C)/C=C/[C@@H](C)C1CCC2C(=CC3C4=C(CC[C@H](C)C4)CS3(=O)=O)CCC[C@@]21C. The van der Waals surface area contributed by atoms with Gasteiger partial charge in [0.15, 0.2) is 9.84 Å². The van der Waals surface area contributed by atoms with Crippen molar-refractivity contribution in [3.05, 3.63) is 34.9 Å². The number of hydrogen-bond donors (Lipinski definition) is 0. The van der Waals surface area contributed by atoms with Gasteiger partial charge in [-0.15, -0.1) is 0 Å². The summed E-state index contributed by atoms with van der Waals surface area (Å²) in [7, 11) is -3.06. The quantitative estimate of drug-likeness (QED) is 0.399. The van der Waals surface area contributed by atoms with E-state index in [4.69, 9.17) is 0 Å². The lowest BCUT2D eigenvalue weighted by Gasteiger charge is -2.44. The van der Waals surface area contributed by atoms with Crippen LogP contribution in [-0.4, -0.2) is 19.4 Å². The lowest BCUT2D eigenvalue weighted by Crippen LogP contribution is -2.36. The minimum Gasteiger partial charge on any atom is -0.228 e. The topological polar surface area (TPSA) is 34.1 Å². The van der Waals surface area contributed by atoms with Gasteiger partial charge in [-0.2, -0.15) is 0 Å². The molecule has 0 aromatic rings. The highest BCUT2D eigenvalue weighted by Gasteiger charge is 2.51. The Kier molecular flexibility index (Phi) is 6.90. The summed E-state index contributed by atoms with van der Waals surface area (Å²) in [6, 6.07) is 0. The third-order valence-corrected chi connectivity index (χ3v) is 11.8. The molecule has 3 unspecified atom stereocenters. The zero-order valence-corrected chi connectivity index (χ0v) is 22.2. The summed E-state index contributed by atoms with van der Waals surface area (Å²) in [5, 5.41) is -0.319. The maximum atomic E-state index is 13.2. The molecule has 4 aliphatic rings. The van der Waals surface area contributed by atoms with E-state index in [9.17, 15) is 8.42 Å². The van der Waals surface area contributed by atoms with Crippen molar-refractivity contribution in [2.45, 2.75) is 98.2 Å². The molecule has 0 spiro atoms. The summed E-state index contributed by atoms with van der Waals surface area (Å²) >= 11 is 0. The minimum atomic E-state index is -3.06. The fourth-order valence-corrected chi connectivity index (χ4v) is 9.56. The van der Waals surface area contributed by atoms with Crippen molar-refractivity contribution in [3.63, 3.8) is 0 Å². The summed E-state index contributed by atoms with van der Waals surface area (Å²) in [5.41, 5.74) is 4.32. The Balaban J connectivity index is 1.58. The summed E-state index contributed by atoms with van der Waals surface area (Å²) in [6.45, 7) is 14.2. The Labute approximate surface area is 197 Å². The molecule has 0 N–H and O–H groups in total. The molecule has 0 bridgehead atoms. The Hall–Kier alpha value is -0.830. The molecule has 1 aliphatic heterocycles. The first-order valence-corrected chi connectivity index (χ1v) is 15.1. The van der Waals surface area contributed by atoms with E-state index in [2.05, 4.69) is 59.8 Å². The smallest absolute Gasteiger partial charge is 0.164 e. The van der Waals surface area contributed by atoms with Gasteiger partial charge in [-0.3, -0.25) is 0 Å². The van der Waals surface area contributed by atoms with Crippen molar-refractivity contribution in [2.24, 2.45) is 40.9 Å². The summed E-state index contributed by atoms with van der Waals surface area (Å²) in [6.07, 6.45) is 16.5. The molecule has 0 amide bonds. The number of sulfone groups is 1. The average Bonchev–Trinajstić information content (AvgIpc) is 3.20. The van der Waals surface area contributed by atoms with Gasteiger partial charge in [0.05, 0.1) is 5.75 Å². The standard InChI is InChI=1S/C29H46O2S/c1-19(2)21(4)10-11-22(5)26-13-14-27-23(8-7-15-29(26,27)6)17-28-25-16-20(3)9-12-24(25)18-32(28,30)31/h10-11,17,19-22,26-28H,7-9,12-16,18H2,1-6H3/b11-10+,23-17?/t20-,21-,22+,26?,27?,28?,29+/m0/s1. The van der Waals surface area contributed by atoms with Crippen LogP contribution in [0.1, 0.15) is 92.9 Å². The van der Waals surface area contributed by atoms with Crippen LogP contribution < -0.4 is 0 Å². The number of allylic oxidation sites excluding steroid dienone is 3. The molecule has 2 saturated carbocycles. The van der Waals surface area contributed by atoms with E-state index >= 15 is 0 Å². The van der Waals surface area contributed by atoms with Crippen molar-refractivity contribution < 1.29 is 8.42 Å². The first-order valence-electron chi connectivity index (χ1n) is 13.3. The number of rotatable bonds is 5. The second kappa shape index (κ2) is 9.08. The zero-order chi connectivity index (χ0) is 23.3. The molecule has 0 radical (unpaired) electrons. The van der Waals surface area contributed by atoms with Gasteiger partial charge in [0.1, 0.15) is 5.25 Å². The van der Waals surface area contributed by atoms with Gasteiger partial charge < -0.3 is 0 Å². The van der Waals surface area contributed by atoms with E-state index in [1.54, 1.807) is 0 Å². The lowest BCUT2D eigenvalue weighted by atomic mass is 9.61. The molecule has 0 saturated heterocycles. The van der Waals surface area contributed by atoms with Crippen LogP contribution in [-0.2, 0) is 9.84 Å². The molecular formula is C29H46O2S. The lowest BCUT2D eigenvalue weighted by molar-refractivity contribution is 0.112. The van der Waals surface area contributed by atoms with Crippen molar-refractivity contribution in [1.82, 2.24) is 0 Å². The summed E-state index contributed by atoms with van der Waals surface area (Å²) in [4.78, 5) is 0. The van der Waals surface area contributed by atoms with Crippen LogP contribution in [0.15, 0.2) is 34.9 Å². The van der Waals surface area contributed by atoms with Gasteiger partial charge >= 0.3 is 0 Å². The fraction of sp³-hybridized carbons (Fsp3) is 0.793. The number of fused-ring (bicyclic) bond motifs is 1. The maximum absolute atomic E-state index is 13.2. The molecule has 3 aliphatic carbocycles. The predicted molar refractivity (Wildman–Crippen MR) is 136 cm³/mol. The Morgan fingerprint density at radius 1 is 1.03 bits per heavy atom. The molecule has 3 heteroatoms. The van der Waals surface area contributed by atoms with E-state index in [0.29, 0.717) is 46.7 Å². The van der Waals surface area contributed by atoms with Crippen LogP contribution in [0.4, 0.5) is 0 Å². The predicted octanol–water partition coefficient (Wildman–Crippen LogP) is 7.53. The monoisotopic (exact) mass is 458 g/mol. The van der Waals surface area contributed by atoms with E-state index in [0.717, 1.165) is 25.7 Å². The van der Waals surface area contributed by atoms with E-state index in [-0.39, 0.29) is 5.25 Å². The van der Waals surface area contributed by atoms with Gasteiger partial charge in [-0.1, -0.05) is 70.9 Å². The van der Waals surface area contributed by atoms with E-state index < -0.39 is 9.84 Å². The molecule has 1 heterocycles. The first-order chi connectivity index (χ1) is 15.0. The van der Waals surface area contributed by atoms with Gasteiger partial charge in [-0.05, 0) is 97.9 Å². The van der Waals surface area contributed by atoms with Crippen molar-refractivity contribution in [3.8, 4) is 0 Å². The van der Waals surface area contributed by atoms with Crippen LogP contribution in [0.5, 0.6) is 0 Å². The molecular weight excluding hydrogens is 412 g/mol. The molecule has 2 nitrogen and oxygen atoms in total. The van der Waals surface area contributed by atoms with Crippen molar-refractivity contribution in [1.29, 1.82) is 0 Å². The third-order valence-electron chi connectivity index (χ3n) is 9.88. The zero-order valence-electron chi connectivity index (χ0n) is 21.4. The highest BCUT2D eigenvalue weighted by Crippen LogP contribution is 2.60. The highest BCUT2D eigenvalue weighted by molar-refractivity contribution is 7.92. The minimum absolute atomic E-state index is 0.314. The van der Waals surface area contributed by atoms with Gasteiger partial charge in [0, 0.05) is 0 Å². The van der Waals surface area contributed by atoms with Crippen LogP contribution in [0.3, 0.4) is 0 Å². The van der Waals surface area contributed by atoms with Gasteiger partial charge in [0.2, 0.25) is 0 Å². The van der Waals surface area contributed by atoms with Crippen molar-refractivity contribution in [2.75, 3.05) is 5.75 Å². The molecule has 32 heavy (non-hydrogen) atoms. The second-order valence-electron chi connectivity index (χ2n) is 12.4. The number of hydrogen-bond acceptors (Lipinski definition) is 2. The van der Waals surface area contributed by atoms with Gasteiger partial charge in [-0.25, -0.2) is 8.42 Å². The molecule has 7 atom stereocenters. The van der Waals surface area contributed by atoms with Crippen LogP contribution in [0, 0.1) is 40.9 Å². The molecule has 0 aromatic carbocycles. The molecule has 0 aromatic heterocycles. The van der Waals surface area contributed by atoms with E-state index in [1.165, 1.54) is 42.4 Å². The van der Waals surface area contributed by atoms with Gasteiger partial charge in [0.25, 0.3) is 0 Å². The molecule has 180 valence electrons. The normalized spacial score (nSPS) is 40.2. The summed E-state index contributed by atoms with van der Waals surface area (Å²) in [5.74, 6) is 4.12. The van der Waals surface area contributed by atoms with E-state index in [1.807, 2.05) is 0 Å². The summed E-state index contributed by atoms with van der Waals surface area (Å²) < 4.78 is 26.3. The largest absolute Gasteiger partial charge is 0.228 e. The third kappa shape index (κ3) is 4.44.